The van der Waals surface area contributed by atoms with Crippen LogP contribution < -0.4 is 9.47 Å². The van der Waals surface area contributed by atoms with Gasteiger partial charge in [-0.15, -0.1) is 0 Å². The smallest absolute Gasteiger partial charge is 0.163 e. The van der Waals surface area contributed by atoms with E-state index in [9.17, 15) is 9.59 Å². The van der Waals surface area contributed by atoms with E-state index in [1.165, 1.54) is 31.4 Å². The van der Waals surface area contributed by atoms with Crippen molar-refractivity contribution in [2.45, 2.75) is 12.8 Å². The molecule has 6 heteroatoms. The minimum Gasteiger partial charge on any atom is -0.496 e. The molecule has 0 aliphatic carbocycles. The zero-order chi connectivity index (χ0) is 23.6. The molecule has 6 nitrogen and oxygen atoms in total. The summed E-state index contributed by atoms with van der Waals surface area (Å²) >= 11 is 0. The summed E-state index contributed by atoms with van der Waals surface area (Å²) < 4.78 is 11.1. The lowest BCUT2D eigenvalue weighted by Crippen LogP contribution is -2.02. The Morgan fingerprint density at radius 3 is 2.56 bits per heavy atom. The van der Waals surface area contributed by atoms with Gasteiger partial charge in [-0.25, -0.2) is 0 Å². The van der Waals surface area contributed by atoms with E-state index in [0.29, 0.717) is 29.4 Å². The number of ether oxygens (including phenoxy) is 2. The first kappa shape index (κ1) is 26.0. The van der Waals surface area contributed by atoms with Crippen molar-refractivity contribution >= 4 is 31.1 Å². The molecule has 0 bridgehead atoms. The van der Waals surface area contributed by atoms with Crippen LogP contribution in [0.3, 0.4) is 0 Å². The third kappa shape index (κ3) is 10.6. The van der Waals surface area contributed by atoms with Crippen molar-refractivity contribution < 1.29 is 19.1 Å². The number of hydrogen-bond acceptors (Lipinski definition) is 6. The van der Waals surface area contributed by atoms with Gasteiger partial charge in [-0.2, -0.15) is 0 Å². The fraction of sp³-hybridized carbons (Fsp3) is 0.154. The van der Waals surface area contributed by atoms with Crippen molar-refractivity contribution in [1.82, 2.24) is 0 Å². The van der Waals surface area contributed by atoms with Gasteiger partial charge in [0.25, 0.3) is 0 Å². The molecule has 0 N–H and O–H groups in total. The maximum absolute atomic E-state index is 12.1. The first-order chi connectivity index (χ1) is 15.5. The van der Waals surface area contributed by atoms with Crippen LogP contribution in [0.15, 0.2) is 95.3 Å². The van der Waals surface area contributed by atoms with E-state index in [2.05, 4.69) is 30.0 Å². The van der Waals surface area contributed by atoms with Gasteiger partial charge >= 0.3 is 0 Å². The highest BCUT2D eigenvalue weighted by Crippen LogP contribution is 2.26. The molecule has 0 radical (unpaired) electrons. The lowest BCUT2D eigenvalue weighted by Gasteiger charge is -2.09. The van der Waals surface area contributed by atoms with Crippen LogP contribution in [0, 0.1) is 0 Å². The number of ketones is 2. The highest BCUT2D eigenvalue weighted by molar-refractivity contribution is 6.09. The summed E-state index contributed by atoms with van der Waals surface area (Å²) in [7, 11) is 1.54. The van der Waals surface area contributed by atoms with Gasteiger partial charge in [-0.3, -0.25) is 19.6 Å². The average Bonchev–Trinajstić information content (AvgIpc) is 2.80. The Labute approximate surface area is 189 Å². The highest BCUT2D eigenvalue weighted by atomic mass is 16.5. The molecule has 0 unspecified atom stereocenters. The van der Waals surface area contributed by atoms with Crippen LogP contribution >= 0.6 is 0 Å². The molecule has 0 saturated heterocycles. The predicted octanol–water partition coefficient (Wildman–Crippen LogP) is 5.10. The molecule has 0 amide bonds. The van der Waals surface area contributed by atoms with Crippen molar-refractivity contribution in [3.05, 3.63) is 90.8 Å². The zero-order valence-electron chi connectivity index (χ0n) is 18.3. The summed E-state index contributed by atoms with van der Waals surface area (Å²) in [5.41, 5.74) is 1.19. The number of hydrogen-bond donors (Lipinski definition) is 0. The van der Waals surface area contributed by atoms with Crippen LogP contribution in [0.1, 0.15) is 18.4 Å². The van der Waals surface area contributed by atoms with E-state index in [4.69, 9.17) is 9.47 Å². The van der Waals surface area contributed by atoms with Gasteiger partial charge in [0, 0.05) is 17.8 Å². The second kappa shape index (κ2) is 15.7. The van der Waals surface area contributed by atoms with E-state index in [-0.39, 0.29) is 18.0 Å². The van der Waals surface area contributed by atoms with Crippen molar-refractivity contribution in [3.8, 4) is 11.5 Å². The quantitative estimate of drug-likeness (QED) is 0.127. The molecule has 166 valence electrons. The van der Waals surface area contributed by atoms with Gasteiger partial charge in [-0.05, 0) is 68.4 Å². The largest absolute Gasteiger partial charge is 0.496 e. The van der Waals surface area contributed by atoms with Gasteiger partial charge in [0.2, 0.25) is 0 Å². The maximum Gasteiger partial charge on any atom is 0.163 e. The fourth-order valence-electron chi connectivity index (χ4n) is 2.38. The molecule has 0 atom stereocenters. The van der Waals surface area contributed by atoms with Gasteiger partial charge in [0.05, 0.1) is 25.8 Å². The number of carbonyl (C=O) groups is 2. The second-order valence-corrected chi connectivity index (χ2v) is 6.25. The Morgan fingerprint density at radius 1 is 1.09 bits per heavy atom. The Bertz CT molecular complexity index is 966. The fourth-order valence-corrected chi connectivity index (χ4v) is 2.38. The minimum atomic E-state index is -0.334. The summed E-state index contributed by atoms with van der Waals surface area (Å²) in [4.78, 5) is 31.4. The van der Waals surface area contributed by atoms with Crippen LogP contribution in [-0.4, -0.2) is 38.7 Å². The first-order valence-electron chi connectivity index (χ1n) is 9.83. The standard InChI is InChI=1S/C26H28N2O4/c1-5-10-22(28-3)13-15-24(30)19-23(29)14-11-21-12-16-25(20-26(21)31-4)32-18-9-7-6-8-17-27-2/h5-8,10-17,20H,1-3,9,18-19H2,4H3/b7-6-,14-11+,15-13+,17-8-,22-10-. The van der Waals surface area contributed by atoms with E-state index < -0.39 is 0 Å². The Balaban J connectivity index is 2.66. The SMILES string of the molecule is C=C/C=C(/C=C/C(=O)CC(=O)/C=C/c1ccc(OCC/C=C\C=C/N=C)cc1OC)N=C. The third-order valence-electron chi connectivity index (χ3n) is 3.91. The topological polar surface area (TPSA) is 77.3 Å². The number of benzene rings is 1. The van der Waals surface area contributed by atoms with Crippen LogP contribution in [-0.2, 0) is 9.59 Å². The normalized spacial score (nSPS) is 12.0. The minimum absolute atomic E-state index is 0.249. The lowest BCUT2D eigenvalue weighted by molar-refractivity contribution is -0.121. The maximum atomic E-state index is 12.1. The summed E-state index contributed by atoms with van der Waals surface area (Å²) in [6.45, 7) is 10.8. The monoisotopic (exact) mass is 432 g/mol. The van der Waals surface area contributed by atoms with Crippen molar-refractivity contribution in [1.29, 1.82) is 0 Å². The van der Waals surface area contributed by atoms with E-state index >= 15 is 0 Å². The molecule has 0 aromatic heterocycles. The third-order valence-corrected chi connectivity index (χ3v) is 3.91. The molecule has 0 fully saturated rings. The predicted molar refractivity (Wildman–Crippen MR) is 132 cm³/mol. The summed E-state index contributed by atoms with van der Waals surface area (Å²) in [6.07, 6.45) is 16.6. The molecule has 0 heterocycles. The highest BCUT2D eigenvalue weighted by Gasteiger charge is 2.06. The van der Waals surface area contributed by atoms with Gasteiger partial charge in [0.1, 0.15) is 11.5 Å². The molecule has 32 heavy (non-hydrogen) atoms. The van der Waals surface area contributed by atoms with E-state index in [1.807, 2.05) is 12.2 Å². The molecule has 1 aromatic carbocycles. The Hall–Kier alpha value is -4.06. The van der Waals surface area contributed by atoms with Crippen LogP contribution in [0.25, 0.3) is 6.08 Å². The number of nitrogens with zero attached hydrogens (tertiary/aromatic N) is 2. The number of carbonyl (C=O) groups excluding carboxylic acids is 2. The van der Waals surface area contributed by atoms with Crippen LogP contribution in [0.2, 0.25) is 0 Å². The average molecular weight is 433 g/mol. The first-order valence-corrected chi connectivity index (χ1v) is 9.83. The van der Waals surface area contributed by atoms with E-state index in [1.54, 1.807) is 42.6 Å². The summed E-state index contributed by atoms with van der Waals surface area (Å²) in [5.74, 6) is 0.556. The Morgan fingerprint density at radius 2 is 1.88 bits per heavy atom. The molecular formula is C26H28N2O4. The summed E-state index contributed by atoms with van der Waals surface area (Å²) in [5, 5.41) is 0. The molecule has 0 aliphatic heterocycles. The molecular weight excluding hydrogens is 404 g/mol. The van der Waals surface area contributed by atoms with Gasteiger partial charge in [0.15, 0.2) is 11.6 Å². The van der Waals surface area contributed by atoms with Crippen molar-refractivity contribution in [2.75, 3.05) is 13.7 Å². The molecule has 0 aliphatic rings. The van der Waals surface area contributed by atoms with Gasteiger partial charge in [-0.1, -0.05) is 24.8 Å². The molecule has 0 spiro atoms. The van der Waals surface area contributed by atoms with Crippen molar-refractivity contribution in [2.24, 2.45) is 9.98 Å². The number of allylic oxidation sites excluding steroid dienone is 7. The number of rotatable bonds is 15. The zero-order valence-corrected chi connectivity index (χ0v) is 18.3. The lowest BCUT2D eigenvalue weighted by atomic mass is 10.1. The molecule has 0 saturated carbocycles. The van der Waals surface area contributed by atoms with E-state index in [0.717, 1.165) is 6.42 Å². The van der Waals surface area contributed by atoms with Crippen LogP contribution in [0.4, 0.5) is 0 Å². The Kier molecular flexibility index (Phi) is 12.8. The molecule has 1 aromatic rings. The van der Waals surface area contributed by atoms with Crippen molar-refractivity contribution in [3.63, 3.8) is 0 Å². The molecule has 1 rings (SSSR count). The van der Waals surface area contributed by atoms with Crippen LogP contribution in [0.5, 0.6) is 11.5 Å². The second-order valence-electron chi connectivity index (χ2n) is 6.25. The summed E-state index contributed by atoms with van der Waals surface area (Å²) in [6, 6.07) is 5.33. The number of aliphatic imine (C=N–C) groups is 2. The number of methoxy groups -OCH3 is 1. The van der Waals surface area contributed by atoms with Gasteiger partial charge < -0.3 is 9.47 Å².